The number of rotatable bonds is 5. The predicted molar refractivity (Wildman–Crippen MR) is 121 cm³/mol. The summed E-state index contributed by atoms with van der Waals surface area (Å²) in [5.74, 6) is -0.264. The second-order valence-electron chi connectivity index (χ2n) is 8.39. The van der Waals surface area contributed by atoms with Crippen molar-refractivity contribution in [2.75, 3.05) is 0 Å². The lowest BCUT2D eigenvalue weighted by Gasteiger charge is -2.32. The van der Waals surface area contributed by atoms with E-state index in [0.29, 0.717) is 5.39 Å². The van der Waals surface area contributed by atoms with Crippen LogP contribution < -0.4 is 10.9 Å². The lowest BCUT2D eigenvalue weighted by molar-refractivity contribution is 0.250. The van der Waals surface area contributed by atoms with Gasteiger partial charge in [0.15, 0.2) is 0 Å². The fourth-order valence-electron chi connectivity index (χ4n) is 3.69. The Morgan fingerprint density at radius 1 is 1.03 bits per heavy atom. The molecular weight excluding hydrogens is 397 g/mol. The van der Waals surface area contributed by atoms with Crippen molar-refractivity contribution in [3.63, 3.8) is 0 Å². The van der Waals surface area contributed by atoms with E-state index in [4.69, 9.17) is 5.10 Å². The summed E-state index contributed by atoms with van der Waals surface area (Å²) in [6.45, 7) is 6.59. The van der Waals surface area contributed by atoms with Gasteiger partial charge in [0.2, 0.25) is 0 Å². The summed E-state index contributed by atoms with van der Waals surface area (Å²) in [5, 5.41) is 11.7. The summed E-state index contributed by atoms with van der Waals surface area (Å²) in [7, 11) is 0. The van der Waals surface area contributed by atoms with E-state index in [1.807, 2.05) is 41.8 Å². The molecular formula is C24H24FN3OS. The molecule has 0 aliphatic carbocycles. The Kier molecular flexibility index (Phi) is 5.54. The number of hydrogen-bond donors (Lipinski definition) is 1. The average molecular weight is 422 g/mol. The van der Waals surface area contributed by atoms with Crippen LogP contribution in [0.2, 0.25) is 0 Å². The number of benzene rings is 2. The third-order valence-corrected chi connectivity index (χ3v) is 6.01. The SMILES string of the molecule is CC(C)(C)[C@@H](NCn1nc(-c2cccs2)c2ccccc2c1=O)c1ccc(F)cc1. The molecule has 6 heteroatoms. The molecule has 4 nitrogen and oxygen atoms in total. The predicted octanol–water partition coefficient (Wildman–Crippen LogP) is 5.60. The van der Waals surface area contributed by atoms with Crippen LogP contribution in [0.25, 0.3) is 21.3 Å². The van der Waals surface area contributed by atoms with E-state index in [2.05, 4.69) is 26.1 Å². The van der Waals surface area contributed by atoms with Gasteiger partial charge in [-0.2, -0.15) is 5.10 Å². The molecule has 0 saturated heterocycles. The minimum absolute atomic E-state index is 0.0801. The van der Waals surface area contributed by atoms with Crippen LogP contribution in [0.15, 0.2) is 70.8 Å². The standard InChI is InChI=1S/C24H24FN3OS/c1-24(2,3)22(16-10-12-17(25)13-11-16)26-15-28-23(29)19-8-5-4-7-18(19)21(27-28)20-9-6-14-30-20/h4-14,22,26H,15H2,1-3H3/t22-/m0/s1. The Hall–Kier alpha value is -2.83. The molecule has 0 aliphatic heterocycles. The zero-order valence-corrected chi connectivity index (χ0v) is 18.0. The number of nitrogens with one attached hydrogen (secondary N) is 1. The summed E-state index contributed by atoms with van der Waals surface area (Å²) in [6, 6.07) is 18.0. The lowest BCUT2D eigenvalue weighted by atomic mass is 9.82. The molecule has 4 aromatic rings. The van der Waals surface area contributed by atoms with Crippen LogP contribution in [0.4, 0.5) is 4.39 Å². The molecule has 2 aromatic heterocycles. The smallest absolute Gasteiger partial charge is 0.275 e. The Balaban J connectivity index is 1.73. The molecule has 1 atom stereocenters. The van der Waals surface area contributed by atoms with Crippen molar-refractivity contribution in [1.29, 1.82) is 0 Å². The van der Waals surface area contributed by atoms with Crippen LogP contribution in [0.5, 0.6) is 0 Å². The molecule has 154 valence electrons. The van der Waals surface area contributed by atoms with E-state index in [9.17, 15) is 9.18 Å². The van der Waals surface area contributed by atoms with Crippen LogP contribution in [0.1, 0.15) is 32.4 Å². The first-order valence-corrected chi connectivity index (χ1v) is 10.7. The highest BCUT2D eigenvalue weighted by molar-refractivity contribution is 7.13. The van der Waals surface area contributed by atoms with Gasteiger partial charge in [0.25, 0.3) is 5.56 Å². The number of fused-ring (bicyclic) bond motifs is 1. The molecule has 1 N–H and O–H groups in total. The molecule has 2 heterocycles. The van der Waals surface area contributed by atoms with Gasteiger partial charge >= 0.3 is 0 Å². The third kappa shape index (κ3) is 4.06. The van der Waals surface area contributed by atoms with E-state index in [-0.39, 0.29) is 29.5 Å². The van der Waals surface area contributed by atoms with Crippen LogP contribution in [-0.2, 0) is 6.67 Å². The normalized spacial score (nSPS) is 12.9. The Bertz CT molecular complexity index is 1210. The first-order chi connectivity index (χ1) is 14.3. The van der Waals surface area contributed by atoms with Gasteiger partial charge in [0, 0.05) is 11.4 Å². The first-order valence-electron chi connectivity index (χ1n) is 9.87. The minimum atomic E-state index is -0.264. The molecule has 2 aromatic carbocycles. The van der Waals surface area contributed by atoms with Crippen molar-refractivity contribution >= 4 is 22.1 Å². The van der Waals surface area contributed by atoms with Crippen molar-refractivity contribution in [2.24, 2.45) is 5.41 Å². The maximum Gasteiger partial charge on any atom is 0.275 e. The van der Waals surface area contributed by atoms with Crippen LogP contribution >= 0.6 is 11.3 Å². The summed E-state index contributed by atoms with van der Waals surface area (Å²) >= 11 is 1.60. The Morgan fingerprint density at radius 3 is 2.37 bits per heavy atom. The number of halogens is 1. The Labute approximate surface area is 179 Å². The molecule has 0 bridgehead atoms. The van der Waals surface area contributed by atoms with Crippen molar-refractivity contribution < 1.29 is 4.39 Å². The summed E-state index contributed by atoms with van der Waals surface area (Å²) in [4.78, 5) is 14.1. The third-order valence-electron chi connectivity index (χ3n) is 5.14. The number of aromatic nitrogens is 2. The average Bonchev–Trinajstić information content (AvgIpc) is 3.25. The van der Waals surface area contributed by atoms with E-state index in [0.717, 1.165) is 21.5 Å². The molecule has 0 radical (unpaired) electrons. The fourth-order valence-corrected chi connectivity index (χ4v) is 4.42. The van der Waals surface area contributed by atoms with E-state index in [1.54, 1.807) is 23.5 Å². The molecule has 30 heavy (non-hydrogen) atoms. The van der Waals surface area contributed by atoms with Crippen molar-refractivity contribution in [3.05, 3.63) is 87.8 Å². The first kappa shape index (κ1) is 20.4. The number of hydrogen-bond acceptors (Lipinski definition) is 4. The highest BCUT2D eigenvalue weighted by atomic mass is 32.1. The Morgan fingerprint density at radius 2 is 1.73 bits per heavy atom. The van der Waals surface area contributed by atoms with Gasteiger partial charge in [-0.3, -0.25) is 10.1 Å². The highest BCUT2D eigenvalue weighted by Gasteiger charge is 2.26. The van der Waals surface area contributed by atoms with Crippen LogP contribution in [-0.4, -0.2) is 9.78 Å². The highest BCUT2D eigenvalue weighted by Crippen LogP contribution is 2.33. The van der Waals surface area contributed by atoms with Gasteiger partial charge < -0.3 is 0 Å². The van der Waals surface area contributed by atoms with Gasteiger partial charge in [-0.1, -0.05) is 57.2 Å². The molecule has 0 spiro atoms. The van der Waals surface area contributed by atoms with Gasteiger partial charge in [0.05, 0.1) is 16.9 Å². The molecule has 0 fully saturated rings. The monoisotopic (exact) mass is 421 g/mol. The van der Waals surface area contributed by atoms with Gasteiger partial charge in [-0.05, 0) is 40.6 Å². The van der Waals surface area contributed by atoms with Gasteiger partial charge in [-0.15, -0.1) is 11.3 Å². The number of nitrogens with zero attached hydrogens (tertiary/aromatic N) is 2. The maximum absolute atomic E-state index is 13.4. The summed E-state index contributed by atoms with van der Waals surface area (Å²) in [6.07, 6.45) is 0. The molecule has 0 saturated carbocycles. The topological polar surface area (TPSA) is 46.9 Å². The molecule has 0 amide bonds. The summed E-state index contributed by atoms with van der Waals surface area (Å²) < 4.78 is 14.9. The minimum Gasteiger partial charge on any atom is -0.291 e. The second kappa shape index (κ2) is 8.13. The lowest BCUT2D eigenvalue weighted by Crippen LogP contribution is -2.37. The van der Waals surface area contributed by atoms with E-state index in [1.165, 1.54) is 16.8 Å². The fraction of sp³-hybridized carbons (Fsp3) is 0.250. The molecule has 0 unspecified atom stereocenters. The van der Waals surface area contributed by atoms with Crippen molar-refractivity contribution in [3.8, 4) is 10.6 Å². The molecule has 0 aliphatic rings. The zero-order valence-electron chi connectivity index (χ0n) is 17.2. The van der Waals surface area contributed by atoms with Gasteiger partial charge in [-0.25, -0.2) is 9.07 Å². The summed E-state index contributed by atoms with van der Waals surface area (Å²) in [5.41, 5.74) is 1.49. The maximum atomic E-state index is 13.4. The van der Waals surface area contributed by atoms with Crippen molar-refractivity contribution in [1.82, 2.24) is 15.1 Å². The van der Waals surface area contributed by atoms with Gasteiger partial charge in [0.1, 0.15) is 11.5 Å². The van der Waals surface area contributed by atoms with Crippen LogP contribution in [0, 0.1) is 11.2 Å². The largest absolute Gasteiger partial charge is 0.291 e. The zero-order chi connectivity index (χ0) is 21.3. The van der Waals surface area contributed by atoms with E-state index >= 15 is 0 Å². The van der Waals surface area contributed by atoms with Crippen molar-refractivity contribution in [2.45, 2.75) is 33.5 Å². The quantitative estimate of drug-likeness (QED) is 0.456. The van der Waals surface area contributed by atoms with E-state index < -0.39 is 0 Å². The second-order valence-corrected chi connectivity index (χ2v) is 9.34. The molecule has 4 rings (SSSR count). The number of thiophene rings is 1. The van der Waals surface area contributed by atoms with Crippen LogP contribution in [0.3, 0.4) is 0 Å².